The van der Waals surface area contributed by atoms with E-state index in [-0.39, 0.29) is 17.8 Å². The van der Waals surface area contributed by atoms with Crippen LogP contribution in [-0.2, 0) is 0 Å². The van der Waals surface area contributed by atoms with Crippen LogP contribution in [0.4, 0.5) is 10.2 Å². The smallest absolute Gasteiger partial charge is 0.254 e. The fourth-order valence-electron chi connectivity index (χ4n) is 2.96. The first-order chi connectivity index (χ1) is 12.1. The summed E-state index contributed by atoms with van der Waals surface area (Å²) >= 11 is 0. The largest absolute Gasteiger partial charge is 0.371 e. The maximum atomic E-state index is 13.5. The van der Waals surface area contributed by atoms with Gasteiger partial charge in [-0.2, -0.15) is 0 Å². The number of hydrogen-bond donors (Lipinski definition) is 1. The van der Waals surface area contributed by atoms with E-state index in [1.807, 2.05) is 11.0 Å². The normalized spacial score (nSPS) is 16.3. The molecule has 5 nitrogen and oxygen atoms in total. The molecular weight excluding hydrogens is 319 g/mol. The van der Waals surface area contributed by atoms with E-state index in [0.717, 1.165) is 24.6 Å². The van der Waals surface area contributed by atoms with Gasteiger partial charge in [-0.15, -0.1) is 0 Å². The second-order valence-corrected chi connectivity index (χ2v) is 5.96. The molecule has 1 aliphatic rings. The minimum absolute atomic E-state index is 0.0194. The van der Waals surface area contributed by atoms with Gasteiger partial charge in [0.2, 0.25) is 0 Å². The van der Waals surface area contributed by atoms with Crippen molar-refractivity contribution in [1.29, 1.82) is 0 Å². The molecule has 1 unspecified atom stereocenters. The van der Waals surface area contributed by atoms with Crippen molar-refractivity contribution in [2.75, 3.05) is 18.9 Å². The first kappa shape index (κ1) is 17.1. The van der Waals surface area contributed by atoms with Crippen LogP contribution in [-0.4, -0.2) is 40.4 Å². The summed E-state index contributed by atoms with van der Waals surface area (Å²) in [5.41, 5.74) is 1.36. The van der Waals surface area contributed by atoms with Crippen LogP contribution in [0.1, 0.15) is 30.1 Å². The van der Waals surface area contributed by atoms with Crippen molar-refractivity contribution in [3.05, 3.63) is 54.0 Å². The molecule has 6 heteroatoms. The Morgan fingerprint density at radius 1 is 1.36 bits per heavy atom. The first-order valence-corrected chi connectivity index (χ1v) is 8.42. The van der Waals surface area contributed by atoms with E-state index in [1.54, 1.807) is 31.3 Å². The van der Waals surface area contributed by atoms with Crippen molar-refractivity contribution >= 4 is 11.7 Å². The van der Waals surface area contributed by atoms with Gasteiger partial charge in [0.05, 0.1) is 12.2 Å². The standard InChI is InChI=1S/C19H21FN4O/c1-3-5-15-6-4-11-24(15)19(25)14-9-7-13(8-10-14)17-22-12-16(20)18(21-2)23-17/h4,6-10,12,15H,3,5,11H2,1-2H3,(H,21,22,23). The highest BCUT2D eigenvalue weighted by molar-refractivity contribution is 5.95. The van der Waals surface area contributed by atoms with Gasteiger partial charge in [-0.25, -0.2) is 14.4 Å². The van der Waals surface area contributed by atoms with Crippen molar-refractivity contribution in [3.8, 4) is 11.4 Å². The van der Waals surface area contributed by atoms with Crippen molar-refractivity contribution in [1.82, 2.24) is 14.9 Å². The van der Waals surface area contributed by atoms with Crippen LogP contribution in [0.15, 0.2) is 42.6 Å². The lowest BCUT2D eigenvalue weighted by atomic mass is 10.1. The maximum absolute atomic E-state index is 13.5. The molecule has 3 rings (SSSR count). The van der Waals surface area contributed by atoms with Crippen LogP contribution in [0.5, 0.6) is 0 Å². The average molecular weight is 340 g/mol. The molecule has 1 N–H and O–H groups in total. The maximum Gasteiger partial charge on any atom is 0.254 e. The minimum Gasteiger partial charge on any atom is -0.371 e. The third-order valence-electron chi connectivity index (χ3n) is 4.28. The summed E-state index contributed by atoms with van der Waals surface area (Å²) in [5, 5.41) is 2.70. The topological polar surface area (TPSA) is 58.1 Å². The minimum atomic E-state index is -0.499. The summed E-state index contributed by atoms with van der Waals surface area (Å²) in [6.45, 7) is 2.77. The molecule has 1 aliphatic heterocycles. The highest BCUT2D eigenvalue weighted by Gasteiger charge is 2.24. The van der Waals surface area contributed by atoms with Crippen molar-refractivity contribution in [2.45, 2.75) is 25.8 Å². The molecule has 130 valence electrons. The predicted octanol–water partition coefficient (Wildman–Crippen LogP) is 3.51. The van der Waals surface area contributed by atoms with Crippen LogP contribution in [0.3, 0.4) is 0 Å². The second-order valence-electron chi connectivity index (χ2n) is 5.96. The van der Waals surface area contributed by atoms with Crippen LogP contribution in [0, 0.1) is 5.82 Å². The zero-order valence-electron chi connectivity index (χ0n) is 14.4. The molecular formula is C19H21FN4O. The van der Waals surface area contributed by atoms with Crippen LogP contribution in [0.2, 0.25) is 0 Å². The number of carbonyl (C=O) groups is 1. The third kappa shape index (κ3) is 3.52. The number of aromatic nitrogens is 2. The molecule has 25 heavy (non-hydrogen) atoms. The fourth-order valence-corrected chi connectivity index (χ4v) is 2.96. The Balaban J connectivity index is 1.79. The highest BCUT2D eigenvalue weighted by atomic mass is 19.1. The zero-order chi connectivity index (χ0) is 17.8. The Bertz CT molecular complexity index is 789. The van der Waals surface area contributed by atoms with Gasteiger partial charge in [-0.1, -0.05) is 37.6 Å². The van der Waals surface area contributed by atoms with Gasteiger partial charge in [0, 0.05) is 24.7 Å². The van der Waals surface area contributed by atoms with E-state index >= 15 is 0 Å². The van der Waals surface area contributed by atoms with Crippen molar-refractivity contribution < 1.29 is 9.18 Å². The number of carbonyl (C=O) groups excluding carboxylic acids is 1. The van der Waals surface area contributed by atoms with Gasteiger partial charge >= 0.3 is 0 Å². The van der Waals surface area contributed by atoms with E-state index in [2.05, 4.69) is 28.3 Å². The molecule has 1 aromatic carbocycles. The van der Waals surface area contributed by atoms with Gasteiger partial charge in [-0.05, 0) is 18.6 Å². The lowest BCUT2D eigenvalue weighted by molar-refractivity contribution is 0.0744. The number of benzene rings is 1. The summed E-state index contributed by atoms with van der Waals surface area (Å²) in [6, 6.07) is 7.29. The molecule has 0 radical (unpaired) electrons. The summed E-state index contributed by atoms with van der Waals surface area (Å²) < 4.78 is 13.5. The summed E-state index contributed by atoms with van der Waals surface area (Å²) in [7, 11) is 1.60. The third-order valence-corrected chi connectivity index (χ3v) is 4.28. The zero-order valence-corrected chi connectivity index (χ0v) is 14.4. The highest BCUT2D eigenvalue weighted by Crippen LogP contribution is 2.22. The molecule has 0 spiro atoms. The number of rotatable bonds is 5. The monoisotopic (exact) mass is 340 g/mol. The van der Waals surface area contributed by atoms with Gasteiger partial charge in [-0.3, -0.25) is 4.79 Å². The quantitative estimate of drug-likeness (QED) is 0.846. The van der Waals surface area contributed by atoms with Gasteiger partial charge in [0.1, 0.15) is 0 Å². The van der Waals surface area contributed by atoms with Crippen molar-refractivity contribution in [3.63, 3.8) is 0 Å². The van der Waals surface area contributed by atoms with E-state index < -0.39 is 5.82 Å². The SMILES string of the molecule is CCCC1C=CCN1C(=O)c1ccc(-c2ncc(F)c(NC)n2)cc1. The Morgan fingerprint density at radius 3 is 2.80 bits per heavy atom. The molecule has 0 saturated heterocycles. The molecule has 0 aliphatic carbocycles. The molecule has 0 bridgehead atoms. The Kier molecular flexibility index (Phi) is 5.07. The van der Waals surface area contributed by atoms with Gasteiger partial charge < -0.3 is 10.2 Å². The molecule has 2 heterocycles. The number of anilines is 1. The Labute approximate surface area is 146 Å². The molecule has 1 amide bonds. The molecule has 2 aromatic rings. The van der Waals surface area contributed by atoms with Crippen LogP contribution < -0.4 is 5.32 Å². The van der Waals surface area contributed by atoms with E-state index in [9.17, 15) is 9.18 Å². The molecule has 0 fully saturated rings. The Hall–Kier alpha value is -2.76. The lowest BCUT2D eigenvalue weighted by Crippen LogP contribution is -2.35. The average Bonchev–Trinajstić information content (AvgIpc) is 3.10. The molecule has 1 atom stereocenters. The van der Waals surface area contributed by atoms with E-state index in [0.29, 0.717) is 17.9 Å². The summed E-state index contributed by atoms with van der Waals surface area (Å²) in [4.78, 5) is 22.8. The first-order valence-electron chi connectivity index (χ1n) is 8.42. The van der Waals surface area contributed by atoms with Crippen LogP contribution in [0.25, 0.3) is 11.4 Å². The summed E-state index contributed by atoms with van der Waals surface area (Å²) in [5.74, 6) is 0.0830. The van der Waals surface area contributed by atoms with E-state index in [1.165, 1.54) is 0 Å². The van der Waals surface area contributed by atoms with Crippen molar-refractivity contribution in [2.24, 2.45) is 0 Å². The second kappa shape index (κ2) is 7.42. The number of amides is 1. The predicted molar refractivity (Wildman–Crippen MR) is 95.8 cm³/mol. The Morgan fingerprint density at radius 2 is 2.12 bits per heavy atom. The summed E-state index contributed by atoms with van der Waals surface area (Å²) in [6.07, 6.45) is 7.28. The molecule has 0 saturated carbocycles. The molecule has 1 aromatic heterocycles. The van der Waals surface area contributed by atoms with E-state index in [4.69, 9.17) is 0 Å². The number of nitrogens with one attached hydrogen (secondary N) is 1. The fraction of sp³-hybridized carbons (Fsp3) is 0.316. The van der Waals surface area contributed by atoms with Gasteiger partial charge in [0.15, 0.2) is 17.5 Å². The van der Waals surface area contributed by atoms with Crippen LogP contribution >= 0.6 is 0 Å². The number of halogens is 1. The lowest BCUT2D eigenvalue weighted by Gasteiger charge is -2.24. The van der Waals surface area contributed by atoms with Gasteiger partial charge in [0.25, 0.3) is 5.91 Å². The number of hydrogen-bond acceptors (Lipinski definition) is 4. The number of nitrogens with zero attached hydrogens (tertiary/aromatic N) is 3.